The Morgan fingerprint density at radius 2 is 1.96 bits per heavy atom. The smallest absolute Gasteiger partial charge is 0.346 e. The van der Waals surface area contributed by atoms with E-state index < -0.39 is 5.63 Å². The molecule has 0 fully saturated rings. The monoisotopic (exact) mass is 403 g/mol. The molecule has 4 nitrogen and oxygen atoms in total. The van der Waals surface area contributed by atoms with Crippen molar-refractivity contribution < 1.29 is 9.15 Å². The van der Waals surface area contributed by atoms with Crippen molar-refractivity contribution >= 4 is 45.5 Å². The fourth-order valence-corrected chi connectivity index (χ4v) is 3.74. The van der Waals surface area contributed by atoms with E-state index in [1.165, 1.54) is 18.4 Å². The van der Waals surface area contributed by atoms with Crippen molar-refractivity contribution in [3.63, 3.8) is 0 Å². The van der Waals surface area contributed by atoms with Gasteiger partial charge in [-0.3, -0.25) is 0 Å². The normalized spacial score (nSPS) is 11.0. The number of ether oxygens (including phenoxy) is 1. The van der Waals surface area contributed by atoms with Gasteiger partial charge in [0.15, 0.2) is 11.3 Å². The fraction of sp³-hybridized carbons (Fsp3) is 0.0526. The molecule has 0 bridgehead atoms. The highest BCUT2D eigenvalue weighted by Crippen LogP contribution is 2.33. The number of rotatable bonds is 3. The Kier molecular flexibility index (Phi) is 4.44. The Bertz CT molecular complexity index is 1180. The number of hydrogen-bond donors (Lipinski definition) is 0. The lowest BCUT2D eigenvalue weighted by molar-refractivity contribution is 0.407. The van der Waals surface area contributed by atoms with Crippen LogP contribution in [0, 0.1) is 0 Å². The molecule has 7 heteroatoms. The van der Waals surface area contributed by atoms with Crippen molar-refractivity contribution in [3.05, 3.63) is 68.3 Å². The molecular formula is C19H11Cl2NO3S. The van der Waals surface area contributed by atoms with Crippen LogP contribution in [0.5, 0.6) is 5.75 Å². The van der Waals surface area contributed by atoms with Gasteiger partial charge in [-0.1, -0.05) is 41.4 Å². The molecule has 4 aromatic rings. The zero-order valence-corrected chi connectivity index (χ0v) is 15.8. The van der Waals surface area contributed by atoms with Crippen LogP contribution in [-0.2, 0) is 0 Å². The van der Waals surface area contributed by atoms with Crippen LogP contribution in [0.3, 0.4) is 0 Å². The summed E-state index contributed by atoms with van der Waals surface area (Å²) in [6.07, 6.45) is 0. The second-order valence-corrected chi connectivity index (χ2v) is 7.17. The molecule has 0 spiro atoms. The molecule has 130 valence electrons. The van der Waals surface area contributed by atoms with Crippen molar-refractivity contribution in [1.82, 2.24) is 4.98 Å². The maximum absolute atomic E-state index is 12.5. The first-order valence-electron chi connectivity index (χ1n) is 7.59. The van der Waals surface area contributed by atoms with Crippen molar-refractivity contribution in [2.24, 2.45) is 0 Å². The van der Waals surface area contributed by atoms with Crippen molar-refractivity contribution in [3.8, 4) is 27.6 Å². The molecule has 2 heterocycles. The summed E-state index contributed by atoms with van der Waals surface area (Å²) in [6.45, 7) is 0. The average Bonchev–Trinajstić information content (AvgIpc) is 3.13. The van der Waals surface area contributed by atoms with E-state index in [1.807, 2.05) is 23.6 Å². The highest BCUT2D eigenvalue weighted by atomic mass is 35.5. The lowest BCUT2D eigenvalue weighted by Gasteiger charge is -2.04. The Hall–Kier alpha value is -2.34. The fourth-order valence-electron chi connectivity index (χ4n) is 2.61. The molecular weight excluding hydrogens is 393 g/mol. The molecule has 2 aromatic carbocycles. The van der Waals surface area contributed by atoms with E-state index >= 15 is 0 Å². The third kappa shape index (κ3) is 2.98. The van der Waals surface area contributed by atoms with Gasteiger partial charge in [0.2, 0.25) is 0 Å². The van der Waals surface area contributed by atoms with Crippen LogP contribution in [0.1, 0.15) is 0 Å². The molecule has 0 aliphatic carbocycles. The van der Waals surface area contributed by atoms with Gasteiger partial charge in [-0.05, 0) is 24.3 Å². The highest BCUT2D eigenvalue weighted by Gasteiger charge is 2.15. The van der Waals surface area contributed by atoms with Crippen molar-refractivity contribution in [2.75, 3.05) is 7.11 Å². The molecule has 0 atom stereocenters. The van der Waals surface area contributed by atoms with Gasteiger partial charge in [-0.15, -0.1) is 11.3 Å². The lowest BCUT2D eigenvalue weighted by atomic mass is 10.1. The van der Waals surface area contributed by atoms with E-state index in [0.29, 0.717) is 37.6 Å². The van der Waals surface area contributed by atoms with Gasteiger partial charge in [0, 0.05) is 16.3 Å². The van der Waals surface area contributed by atoms with E-state index in [1.54, 1.807) is 24.3 Å². The summed E-state index contributed by atoms with van der Waals surface area (Å²) in [6, 6.07) is 12.5. The Morgan fingerprint density at radius 3 is 2.73 bits per heavy atom. The molecule has 4 rings (SSSR count). The standard InChI is InChI=1S/C19H11Cl2NO3S/c1-24-16-4-2-3-11-7-12(19(23)25-17(11)16)18-22-15(9-26-18)10-5-6-13(20)14(21)8-10/h2-9H,1H3. The van der Waals surface area contributed by atoms with Crippen molar-refractivity contribution in [1.29, 1.82) is 0 Å². The first-order chi connectivity index (χ1) is 12.6. The SMILES string of the molecule is COc1cccc2cc(-c3nc(-c4ccc(Cl)c(Cl)c4)cs3)c(=O)oc12. The quantitative estimate of drug-likeness (QED) is 0.399. The molecule has 0 saturated heterocycles. The Balaban J connectivity index is 1.81. The molecule has 0 saturated carbocycles. The maximum Gasteiger partial charge on any atom is 0.346 e. The average molecular weight is 404 g/mol. The molecule has 0 aliphatic rings. The van der Waals surface area contributed by atoms with Gasteiger partial charge in [-0.25, -0.2) is 9.78 Å². The Morgan fingerprint density at radius 1 is 1.12 bits per heavy atom. The van der Waals surface area contributed by atoms with E-state index in [9.17, 15) is 4.79 Å². The van der Waals surface area contributed by atoms with Crippen LogP contribution in [0.15, 0.2) is 57.1 Å². The minimum absolute atomic E-state index is 0.405. The number of aromatic nitrogens is 1. The summed E-state index contributed by atoms with van der Waals surface area (Å²) in [7, 11) is 1.53. The van der Waals surface area contributed by atoms with Crippen LogP contribution < -0.4 is 10.4 Å². The van der Waals surface area contributed by atoms with Gasteiger partial charge in [0.05, 0.1) is 28.4 Å². The number of fused-ring (bicyclic) bond motifs is 1. The molecule has 2 aromatic heterocycles. The van der Waals surface area contributed by atoms with Gasteiger partial charge < -0.3 is 9.15 Å². The second-order valence-electron chi connectivity index (χ2n) is 5.49. The number of thiazole rings is 1. The minimum Gasteiger partial charge on any atom is -0.493 e. The van der Waals surface area contributed by atoms with Gasteiger partial charge >= 0.3 is 5.63 Å². The zero-order valence-electron chi connectivity index (χ0n) is 13.5. The number of methoxy groups -OCH3 is 1. The molecule has 0 unspecified atom stereocenters. The number of benzene rings is 2. The second kappa shape index (κ2) is 6.76. The molecule has 0 N–H and O–H groups in total. The highest BCUT2D eigenvalue weighted by molar-refractivity contribution is 7.13. The van der Waals surface area contributed by atoms with E-state index in [0.717, 1.165) is 10.9 Å². The summed E-state index contributed by atoms with van der Waals surface area (Å²) >= 11 is 13.4. The Labute approximate surface area is 162 Å². The maximum atomic E-state index is 12.5. The van der Waals surface area contributed by atoms with E-state index in [2.05, 4.69) is 4.98 Å². The molecule has 0 aliphatic heterocycles. The minimum atomic E-state index is -0.461. The first-order valence-corrected chi connectivity index (χ1v) is 9.22. The topological polar surface area (TPSA) is 52.3 Å². The summed E-state index contributed by atoms with van der Waals surface area (Å²) < 4.78 is 10.7. The number of hydrogen-bond acceptors (Lipinski definition) is 5. The molecule has 0 amide bonds. The largest absolute Gasteiger partial charge is 0.493 e. The molecule has 0 radical (unpaired) electrons. The van der Waals surface area contributed by atoms with Gasteiger partial charge in [-0.2, -0.15) is 0 Å². The lowest BCUT2D eigenvalue weighted by Crippen LogP contribution is -2.03. The first kappa shape index (κ1) is 17.1. The van der Waals surface area contributed by atoms with Crippen LogP contribution >= 0.6 is 34.5 Å². The van der Waals surface area contributed by atoms with E-state index in [-0.39, 0.29) is 0 Å². The molecule has 26 heavy (non-hydrogen) atoms. The van der Waals surface area contributed by atoms with Crippen LogP contribution in [-0.4, -0.2) is 12.1 Å². The predicted molar refractivity (Wildman–Crippen MR) is 106 cm³/mol. The summed E-state index contributed by atoms with van der Waals surface area (Å²) in [5.74, 6) is 0.516. The van der Waals surface area contributed by atoms with Crippen molar-refractivity contribution in [2.45, 2.75) is 0 Å². The summed E-state index contributed by atoms with van der Waals surface area (Å²) in [4.78, 5) is 17.0. The third-order valence-corrected chi connectivity index (χ3v) is 5.51. The predicted octanol–water partition coefficient (Wildman–Crippen LogP) is 5.90. The summed E-state index contributed by atoms with van der Waals surface area (Å²) in [5, 5.41) is 4.14. The van der Waals surface area contributed by atoms with Crippen LogP contribution in [0.4, 0.5) is 0 Å². The van der Waals surface area contributed by atoms with Gasteiger partial charge in [0.25, 0.3) is 0 Å². The van der Waals surface area contributed by atoms with E-state index in [4.69, 9.17) is 32.4 Å². The van der Waals surface area contributed by atoms with Gasteiger partial charge in [0.1, 0.15) is 5.01 Å². The number of nitrogens with zero attached hydrogens (tertiary/aromatic N) is 1. The van der Waals surface area contributed by atoms with Crippen LogP contribution in [0.25, 0.3) is 32.8 Å². The number of halogens is 2. The van der Waals surface area contributed by atoms with Crippen LogP contribution in [0.2, 0.25) is 10.0 Å². The third-order valence-electron chi connectivity index (χ3n) is 3.89. The number of para-hydroxylation sites is 1. The summed E-state index contributed by atoms with van der Waals surface area (Å²) in [5.41, 5.74) is 1.91. The zero-order chi connectivity index (χ0) is 18.3.